The summed E-state index contributed by atoms with van der Waals surface area (Å²) in [6.45, 7) is 5.61. The van der Waals surface area contributed by atoms with Gasteiger partial charge in [0, 0.05) is 11.3 Å². The Bertz CT molecular complexity index is 954. The highest BCUT2D eigenvalue weighted by molar-refractivity contribution is 9.25. The van der Waals surface area contributed by atoms with Gasteiger partial charge in [-0.25, -0.2) is 5.43 Å². The van der Waals surface area contributed by atoms with E-state index < -0.39 is 5.41 Å². The predicted molar refractivity (Wildman–Crippen MR) is 119 cm³/mol. The van der Waals surface area contributed by atoms with Gasteiger partial charge in [-0.05, 0) is 56.5 Å². The second-order valence-corrected chi connectivity index (χ2v) is 11.0. The van der Waals surface area contributed by atoms with Crippen LogP contribution in [0.1, 0.15) is 41.8 Å². The quantitative estimate of drug-likeness (QED) is 0.341. The molecule has 2 amide bonds. The lowest BCUT2D eigenvalue weighted by Gasteiger charge is -2.11. The highest BCUT2D eigenvalue weighted by atomic mass is 79.9. The largest absolute Gasteiger partial charge is 0.322 e. The van der Waals surface area contributed by atoms with Crippen LogP contribution in [0.15, 0.2) is 53.6 Å². The molecule has 2 aromatic rings. The second kappa shape index (κ2) is 7.79. The van der Waals surface area contributed by atoms with Crippen molar-refractivity contribution < 1.29 is 9.59 Å². The Kier molecular flexibility index (Phi) is 5.77. The summed E-state index contributed by atoms with van der Waals surface area (Å²) in [5.41, 5.74) is 5.94. The molecule has 0 aliphatic heterocycles. The van der Waals surface area contributed by atoms with Crippen molar-refractivity contribution in [3.63, 3.8) is 0 Å². The lowest BCUT2D eigenvalue weighted by atomic mass is 10.1. The Balaban J connectivity index is 1.63. The third-order valence-corrected chi connectivity index (χ3v) is 7.35. The van der Waals surface area contributed by atoms with E-state index in [9.17, 15) is 9.59 Å². The minimum atomic E-state index is -0.513. The number of nitrogens with zero attached hydrogens (tertiary/aromatic N) is 1. The maximum atomic E-state index is 12.4. The standard InChI is InChI=1S/C21H21Br2N3O2/c1-13-6-4-5-7-17(13)18(27)24-16-10-8-15(9-11-16)14(2)25-26-19(28)20(3)12-21(20,22)23/h4-11H,12H2,1-3H3,(H,24,27)(H,26,28). The zero-order valence-corrected chi connectivity index (χ0v) is 19.0. The highest BCUT2D eigenvalue weighted by Gasteiger charge is 2.66. The Morgan fingerprint density at radius 1 is 1.07 bits per heavy atom. The zero-order chi connectivity index (χ0) is 20.5. The van der Waals surface area contributed by atoms with Crippen LogP contribution >= 0.6 is 31.9 Å². The van der Waals surface area contributed by atoms with E-state index in [1.54, 1.807) is 6.07 Å². The molecule has 0 heterocycles. The van der Waals surface area contributed by atoms with Crippen LogP contribution in [0.25, 0.3) is 0 Å². The molecule has 0 spiro atoms. The van der Waals surface area contributed by atoms with Gasteiger partial charge in [0.2, 0.25) is 5.91 Å². The van der Waals surface area contributed by atoms with E-state index >= 15 is 0 Å². The average Bonchev–Trinajstić information content (AvgIpc) is 3.19. The van der Waals surface area contributed by atoms with Gasteiger partial charge in [-0.3, -0.25) is 9.59 Å². The van der Waals surface area contributed by atoms with Crippen molar-refractivity contribution in [2.45, 2.75) is 30.4 Å². The molecule has 2 aromatic carbocycles. The third-order valence-electron chi connectivity index (χ3n) is 5.03. The summed E-state index contributed by atoms with van der Waals surface area (Å²) in [5.74, 6) is -0.281. The predicted octanol–water partition coefficient (Wildman–Crippen LogP) is 4.98. The third kappa shape index (κ3) is 4.20. The van der Waals surface area contributed by atoms with Crippen molar-refractivity contribution in [2.75, 3.05) is 5.32 Å². The fourth-order valence-electron chi connectivity index (χ4n) is 2.79. The average molecular weight is 507 g/mol. The molecule has 0 saturated heterocycles. The number of nitrogens with one attached hydrogen (secondary N) is 2. The second-order valence-electron chi connectivity index (χ2n) is 7.20. The van der Waals surface area contributed by atoms with Crippen molar-refractivity contribution in [1.29, 1.82) is 0 Å². The van der Waals surface area contributed by atoms with E-state index in [-0.39, 0.29) is 15.0 Å². The number of hydrazone groups is 1. The van der Waals surface area contributed by atoms with Gasteiger partial charge in [0.25, 0.3) is 5.91 Å². The Hall–Kier alpha value is -1.99. The molecule has 0 radical (unpaired) electrons. The molecular formula is C21H21Br2N3O2. The monoisotopic (exact) mass is 505 g/mol. The molecule has 1 aliphatic rings. The van der Waals surface area contributed by atoms with Gasteiger partial charge in [-0.2, -0.15) is 5.10 Å². The molecular weight excluding hydrogens is 486 g/mol. The van der Waals surface area contributed by atoms with Crippen molar-refractivity contribution in [1.82, 2.24) is 5.43 Å². The first-order valence-corrected chi connectivity index (χ1v) is 10.4. The SMILES string of the molecule is CC(=NNC(=O)C1(C)CC1(Br)Br)c1ccc(NC(=O)c2ccccc2C)cc1. The number of hydrogen-bond donors (Lipinski definition) is 2. The van der Waals surface area contributed by atoms with Crippen LogP contribution in [0.5, 0.6) is 0 Å². The van der Waals surface area contributed by atoms with Gasteiger partial charge >= 0.3 is 0 Å². The first-order chi connectivity index (χ1) is 13.1. The maximum absolute atomic E-state index is 12.4. The summed E-state index contributed by atoms with van der Waals surface area (Å²) in [6.07, 6.45) is 0.704. The molecule has 28 heavy (non-hydrogen) atoms. The van der Waals surface area contributed by atoms with Crippen molar-refractivity contribution in [3.8, 4) is 0 Å². The van der Waals surface area contributed by atoms with Crippen LogP contribution < -0.4 is 10.7 Å². The van der Waals surface area contributed by atoms with Gasteiger partial charge in [0.1, 0.15) is 0 Å². The molecule has 0 bridgehead atoms. The normalized spacial score (nSPS) is 20.4. The highest BCUT2D eigenvalue weighted by Crippen LogP contribution is 2.66. The molecule has 3 rings (SSSR count). The summed E-state index contributed by atoms with van der Waals surface area (Å²) in [7, 11) is 0. The number of carbonyl (C=O) groups is 2. The van der Waals surface area contributed by atoms with Crippen LogP contribution in [0.2, 0.25) is 0 Å². The number of alkyl halides is 2. The van der Waals surface area contributed by atoms with Gasteiger partial charge in [0.15, 0.2) is 0 Å². The summed E-state index contributed by atoms with van der Waals surface area (Å²) < 4.78 is -0.350. The maximum Gasteiger partial charge on any atom is 0.255 e. The molecule has 146 valence electrons. The molecule has 0 aromatic heterocycles. The van der Waals surface area contributed by atoms with Gasteiger partial charge in [0.05, 0.1) is 14.4 Å². The number of benzene rings is 2. The summed E-state index contributed by atoms with van der Waals surface area (Å²) >= 11 is 6.97. The molecule has 1 atom stereocenters. The van der Waals surface area contributed by atoms with Crippen LogP contribution in [-0.2, 0) is 4.79 Å². The van der Waals surface area contributed by atoms with Crippen molar-refractivity contribution in [2.24, 2.45) is 10.5 Å². The first-order valence-electron chi connectivity index (χ1n) is 8.84. The summed E-state index contributed by atoms with van der Waals surface area (Å²) in [5, 5.41) is 7.10. The molecule has 7 heteroatoms. The number of aryl methyl sites for hydroxylation is 1. The molecule has 1 saturated carbocycles. The van der Waals surface area contributed by atoms with Crippen molar-refractivity contribution in [3.05, 3.63) is 65.2 Å². The Labute approximate surface area is 181 Å². The van der Waals surface area contributed by atoms with Crippen LogP contribution in [0, 0.1) is 12.3 Å². The van der Waals surface area contributed by atoms with E-state index in [1.165, 1.54) is 0 Å². The number of hydrogen-bond acceptors (Lipinski definition) is 3. The van der Waals surface area contributed by atoms with Crippen molar-refractivity contribution >= 4 is 55.1 Å². The topological polar surface area (TPSA) is 70.6 Å². The molecule has 1 fully saturated rings. The lowest BCUT2D eigenvalue weighted by molar-refractivity contribution is -0.125. The Morgan fingerprint density at radius 2 is 1.68 bits per heavy atom. The van der Waals surface area contributed by atoms with Crippen LogP contribution in [-0.4, -0.2) is 20.8 Å². The minimum absolute atomic E-state index is 0.136. The van der Waals surface area contributed by atoms with Crippen LogP contribution in [0.4, 0.5) is 5.69 Å². The minimum Gasteiger partial charge on any atom is -0.322 e. The molecule has 2 N–H and O–H groups in total. The molecule has 1 aliphatic carbocycles. The molecule has 1 unspecified atom stereocenters. The number of amides is 2. The van der Waals surface area contributed by atoms with E-state index in [1.807, 2.05) is 63.2 Å². The van der Waals surface area contributed by atoms with E-state index in [0.29, 0.717) is 23.4 Å². The smallest absolute Gasteiger partial charge is 0.255 e. The van der Waals surface area contributed by atoms with E-state index in [2.05, 4.69) is 47.7 Å². The van der Waals surface area contributed by atoms with Gasteiger partial charge < -0.3 is 5.32 Å². The van der Waals surface area contributed by atoms with E-state index in [4.69, 9.17) is 0 Å². The van der Waals surface area contributed by atoms with Gasteiger partial charge in [-0.1, -0.05) is 62.2 Å². The molecule has 5 nitrogen and oxygen atoms in total. The number of rotatable bonds is 5. The van der Waals surface area contributed by atoms with Gasteiger partial charge in [-0.15, -0.1) is 0 Å². The van der Waals surface area contributed by atoms with Crippen LogP contribution in [0.3, 0.4) is 0 Å². The number of anilines is 1. The summed E-state index contributed by atoms with van der Waals surface area (Å²) in [4.78, 5) is 24.7. The fourth-order valence-corrected chi connectivity index (χ4v) is 4.27. The Morgan fingerprint density at radius 3 is 2.25 bits per heavy atom. The lowest BCUT2D eigenvalue weighted by Crippen LogP contribution is -2.30. The van der Waals surface area contributed by atoms with E-state index in [0.717, 1.165) is 11.1 Å². The first kappa shape index (κ1) is 20.7. The fraction of sp³-hybridized carbons (Fsp3) is 0.286. The number of halogens is 2. The number of carbonyl (C=O) groups excluding carboxylic acids is 2. The summed E-state index contributed by atoms with van der Waals surface area (Å²) in [6, 6.07) is 14.8. The zero-order valence-electron chi connectivity index (χ0n) is 15.8.